The first-order chi connectivity index (χ1) is 8.82. The molecule has 0 aliphatic heterocycles. The number of rotatable bonds is 3. The van der Waals surface area contributed by atoms with Gasteiger partial charge >= 0.3 is 6.18 Å². The number of carbonyl (C=O) groups is 1. The van der Waals surface area contributed by atoms with E-state index < -0.39 is 17.6 Å². The topological polar surface area (TPSA) is 67.2 Å². The highest BCUT2D eigenvalue weighted by Crippen LogP contribution is 2.33. The first-order valence-corrected chi connectivity index (χ1v) is 5.81. The highest BCUT2D eigenvalue weighted by atomic mass is 19.4. The largest absolute Gasteiger partial charge is 0.416 e. The first-order valence-electron chi connectivity index (χ1n) is 5.81. The minimum Gasteiger partial charge on any atom is -0.349 e. The number of nitrogen functional groups attached to an aromatic ring is 1. The second kappa shape index (κ2) is 4.73. The molecule has 104 valence electrons. The van der Waals surface area contributed by atoms with Gasteiger partial charge in [-0.2, -0.15) is 13.2 Å². The van der Waals surface area contributed by atoms with Gasteiger partial charge in [0, 0.05) is 6.04 Å². The number of nitrogens with two attached hydrogens (primary N) is 1. The molecule has 1 saturated carbocycles. The summed E-state index contributed by atoms with van der Waals surface area (Å²) in [7, 11) is 0. The SMILES string of the molecule is CC1CC1NC(=O)c1cc(C(F)(F)F)ccc1NN. The van der Waals surface area contributed by atoms with E-state index in [-0.39, 0.29) is 17.3 Å². The van der Waals surface area contributed by atoms with Crippen molar-refractivity contribution in [2.45, 2.75) is 25.6 Å². The summed E-state index contributed by atoms with van der Waals surface area (Å²) in [6, 6.07) is 2.87. The Hall–Kier alpha value is -1.76. The normalized spacial score (nSPS) is 21.9. The standard InChI is InChI=1S/C12H14F3N3O/c1-6-4-10(6)17-11(19)8-5-7(12(13,14)15)2-3-9(8)18-16/h2-3,5-6,10,18H,4,16H2,1H3,(H,17,19). The van der Waals surface area contributed by atoms with Crippen molar-refractivity contribution in [3.05, 3.63) is 29.3 Å². The molecular weight excluding hydrogens is 259 g/mol. The fourth-order valence-electron chi connectivity index (χ4n) is 1.80. The lowest BCUT2D eigenvalue weighted by atomic mass is 10.1. The smallest absolute Gasteiger partial charge is 0.349 e. The fraction of sp³-hybridized carbons (Fsp3) is 0.417. The summed E-state index contributed by atoms with van der Waals surface area (Å²) in [6.45, 7) is 1.96. The zero-order valence-electron chi connectivity index (χ0n) is 10.2. The molecule has 2 atom stereocenters. The van der Waals surface area contributed by atoms with Gasteiger partial charge in [-0.3, -0.25) is 10.6 Å². The number of hydrazine groups is 1. The zero-order chi connectivity index (χ0) is 14.2. The molecule has 0 heterocycles. The van der Waals surface area contributed by atoms with Crippen molar-refractivity contribution in [2.75, 3.05) is 5.43 Å². The van der Waals surface area contributed by atoms with Crippen LogP contribution in [0.2, 0.25) is 0 Å². The molecule has 0 spiro atoms. The number of nitrogens with one attached hydrogen (secondary N) is 2. The third-order valence-electron chi connectivity index (χ3n) is 3.17. The van der Waals surface area contributed by atoms with Gasteiger partial charge in [-0.15, -0.1) is 0 Å². The molecule has 0 aromatic heterocycles. The van der Waals surface area contributed by atoms with Crippen molar-refractivity contribution >= 4 is 11.6 Å². The van der Waals surface area contributed by atoms with E-state index in [2.05, 4.69) is 10.7 Å². The number of amides is 1. The summed E-state index contributed by atoms with van der Waals surface area (Å²) < 4.78 is 37.9. The molecule has 4 N–H and O–H groups in total. The lowest BCUT2D eigenvalue weighted by Gasteiger charge is -2.13. The summed E-state index contributed by atoms with van der Waals surface area (Å²) in [4.78, 5) is 11.9. The molecule has 1 fully saturated rings. The molecule has 1 aliphatic carbocycles. The number of hydrogen-bond acceptors (Lipinski definition) is 3. The molecule has 2 rings (SSSR count). The quantitative estimate of drug-likeness (QED) is 0.584. The Morgan fingerprint density at radius 3 is 2.53 bits per heavy atom. The second-order valence-electron chi connectivity index (χ2n) is 4.70. The van der Waals surface area contributed by atoms with Gasteiger partial charge in [-0.25, -0.2) is 0 Å². The van der Waals surface area contributed by atoms with E-state index >= 15 is 0 Å². The molecule has 0 saturated heterocycles. The molecule has 2 unspecified atom stereocenters. The Labute approximate surface area is 108 Å². The van der Waals surface area contributed by atoms with Gasteiger partial charge in [0.15, 0.2) is 0 Å². The number of alkyl halides is 3. The summed E-state index contributed by atoms with van der Waals surface area (Å²) in [5.41, 5.74) is 1.42. The molecule has 1 aromatic carbocycles. The van der Waals surface area contributed by atoms with E-state index in [0.29, 0.717) is 5.92 Å². The number of carbonyl (C=O) groups excluding carboxylic acids is 1. The summed E-state index contributed by atoms with van der Waals surface area (Å²) >= 11 is 0. The summed E-state index contributed by atoms with van der Waals surface area (Å²) in [6.07, 6.45) is -3.65. The average molecular weight is 273 g/mol. The average Bonchev–Trinajstić information content (AvgIpc) is 3.02. The monoisotopic (exact) mass is 273 g/mol. The second-order valence-corrected chi connectivity index (χ2v) is 4.70. The molecule has 1 aromatic rings. The van der Waals surface area contributed by atoms with Crippen LogP contribution in [0.1, 0.15) is 29.3 Å². The molecule has 1 amide bonds. The Bertz CT molecular complexity index is 501. The van der Waals surface area contributed by atoms with Gasteiger partial charge in [0.1, 0.15) is 0 Å². The maximum atomic E-state index is 12.6. The van der Waals surface area contributed by atoms with E-state index in [0.717, 1.165) is 24.6 Å². The maximum absolute atomic E-state index is 12.6. The summed E-state index contributed by atoms with van der Waals surface area (Å²) in [5, 5.41) is 2.67. The Kier molecular flexibility index (Phi) is 3.40. The third-order valence-corrected chi connectivity index (χ3v) is 3.17. The number of hydrogen-bond donors (Lipinski definition) is 3. The number of halogens is 3. The van der Waals surface area contributed by atoms with Gasteiger partial charge < -0.3 is 10.7 Å². The molecule has 0 radical (unpaired) electrons. The van der Waals surface area contributed by atoms with Crippen molar-refractivity contribution in [2.24, 2.45) is 11.8 Å². The van der Waals surface area contributed by atoms with E-state index in [1.165, 1.54) is 0 Å². The molecule has 19 heavy (non-hydrogen) atoms. The van der Waals surface area contributed by atoms with E-state index in [4.69, 9.17) is 5.84 Å². The number of anilines is 1. The lowest BCUT2D eigenvalue weighted by molar-refractivity contribution is -0.137. The highest BCUT2D eigenvalue weighted by Gasteiger charge is 2.35. The van der Waals surface area contributed by atoms with Crippen LogP contribution in [0.25, 0.3) is 0 Å². The predicted molar refractivity (Wildman–Crippen MR) is 64.3 cm³/mol. The van der Waals surface area contributed by atoms with Gasteiger partial charge in [0.25, 0.3) is 5.91 Å². The van der Waals surface area contributed by atoms with Crippen LogP contribution in [-0.4, -0.2) is 11.9 Å². The van der Waals surface area contributed by atoms with Crippen LogP contribution in [0.5, 0.6) is 0 Å². The first kappa shape index (κ1) is 13.7. The van der Waals surface area contributed by atoms with E-state index in [1.54, 1.807) is 0 Å². The van der Waals surface area contributed by atoms with Crippen LogP contribution in [0, 0.1) is 5.92 Å². The van der Waals surface area contributed by atoms with Crippen molar-refractivity contribution in [3.8, 4) is 0 Å². The van der Waals surface area contributed by atoms with Gasteiger partial charge in [-0.05, 0) is 30.5 Å². The molecule has 4 nitrogen and oxygen atoms in total. The fourth-order valence-corrected chi connectivity index (χ4v) is 1.80. The lowest BCUT2D eigenvalue weighted by Crippen LogP contribution is -2.28. The van der Waals surface area contributed by atoms with Gasteiger partial charge in [0.05, 0.1) is 16.8 Å². The van der Waals surface area contributed by atoms with Crippen LogP contribution in [0.4, 0.5) is 18.9 Å². The van der Waals surface area contributed by atoms with E-state index in [1.807, 2.05) is 6.92 Å². The Balaban J connectivity index is 2.28. The highest BCUT2D eigenvalue weighted by molar-refractivity contribution is 6.00. The van der Waals surface area contributed by atoms with Crippen LogP contribution < -0.4 is 16.6 Å². The van der Waals surface area contributed by atoms with Crippen molar-refractivity contribution in [1.82, 2.24) is 5.32 Å². The van der Waals surface area contributed by atoms with E-state index in [9.17, 15) is 18.0 Å². The van der Waals surface area contributed by atoms with Gasteiger partial charge in [-0.1, -0.05) is 6.92 Å². The number of benzene rings is 1. The molecule has 7 heteroatoms. The van der Waals surface area contributed by atoms with Crippen LogP contribution in [0.15, 0.2) is 18.2 Å². The van der Waals surface area contributed by atoms with Gasteiger partial charge in [0.2, 0.25) is 0 Å². The summed E-state index contributed by atoms with van der Waals surface area (Å²) in [5.74, 6) is 5.03. The molecule has 1 aliphatic rings. The maximum Gasteiger partial charge on any atom is 0.416 e. The molecular formula is C12H14F3N3O. The van der Waals surface area contributed by atoms with Crippen molar-refractivity contribution in [1.29, 1.82) is 0 Å². The third kappa shape index (κ3) is 2.98. The minimum atomic E-state index is -4.49. The van der Waals surface area contributed by atoms with Crippen LogP contribution in [0.3, 0.4) is 0 Å². The zero-order valence-corrected chi connectivity index (χ0v) is 10.2. The van der Waals surface area contributed by atoms with Crippen molar-refractivity contribution < 1.29 is 18.0 Å². The van der Waals surface area contributed by atoms with Crippen LogP contribution >= 0.6 is 0 Å². The van der Waals surface area contributed by atoms with Crippen molar-refractivity contribution in [3.63, 3.8) is 0 Å². The Morgan fingerprint density at radius 2 is 2.05 bits per heavy atom. The predicted octanol–water partition coefficient (Wildman–Crippen LogP) is 2.13. The Morgan fingerprint density at radius 1 is 1.42 bits per heavy atom. The minimum absolute atomic E-state index is 0.0349. The van der Waals surface area contributed by atoms with Crippen LogP contribution in [-0.2, 0) is 6.18 Å². The molecule has 0 bridgehead atoms.